The summed E-state index contributed by atoms with van der Waals surface area (Å²) in [7, 11) is -9.82. The highest BCUT2D eigenvalue weighted by atomic mass is 31.2. The summed E-state index contributed by atoms with van der Waals surface area (Å²) in [6, 6.07) is 0. The van der Waals surface area contributed by atoms with Crippen LogP contribution in [-0.2, 0) is 55.8 Å². The average Bonchev–Trinajstić information content (AvgIpc) is 0.922. The van der Waals surface area contributed by atoms with Gasteiger partial charge >= 0.3 is 33.6 Å². The fourth-order valence-corrected chi connectivity index (χ4v) is 11.5. The molecule has 586 valence electrons. The SMILES string of the molecule is CC/C=C\C/C=C\C/C=C\C/C=C\C/C=C\C/C=C\CCCCCCCCC(=O)OCC(O)COP(=O)(O)OCC(O)COP(=O)(O)OCC(COC(=O)CCCCCCCCC/C=C\C/C=C\C/C=C\C/C=C\CCCCC)OC(=O)CCCCCCCC/C=C\C/C=C\C/C=C\C/C=C\CC. The van der Waals surface area contributed by atoms with E-state index in [1.54, 1.807) is 0 Å². The summed E-state index contributed by atoms with van der Waals surface area (Å²) in [6.07, 6.45) is 96.6. The molecule has 0 aromatic carbocycles. The minimum atomic E-state index is -4.95. The molecular weight excluding hydrogens is 1340 g/mol. The van der Waals surface area contributed by atoms with Gasteiger partial charge < -0.3 is 34.2 Å². The smallest absolute Gasteiger partial charge is 0.463 e. The predicted molar refractivity (Wildman–Crippen MR) is 426 cm³/mol. The van der Waals surface area contributed by atoms with Crippen molar-refractivity contribution in [3.8, 4) is 0 Å². The van der Waals surface area contributed by atoms with Crippen LogP contribution in [0.3, 0.4) is 0 Å². The van der Waals surface area contributed by atoms with Crippen molar-refractivity contribution >= 4 is 33.6 Å². The van der Waals surface area contributed by atoms with E-state index in [-0.39, 0.29) is 19.3 Å². The molecule has 0 radical (unpaired) electrons. The molecule has 0 amide bonds. The number of hydrogen-bond acceptors (Lipinski definition) is 14. The molecule has 103 heavy (non-hydrogen) atoms. The summed E-state index contributed by atoms with van der Waals surface area (Å²) in [5.41, 5.74) is 0. The topological polar surface area (TPSA) is 231 Å². The Balaban J connectivity index is 4.72. The molecule has 0 heterocycles. The van der Waals surface area contributed by atoms with E-state index in [4.69, 9.17) is 32.3 Å². The number of aliphatic hydroxyl groups excluding tert-OH is 2. The van der Waals surface area contributed by atoms with E-state index in [2.05, 4.69) is 191 Å². The fraction of sp³-hybridized carbons (Fsp3) is 0.635. The molecule has 0 saturated heterocycles. The largest absolute Gasteiger partial charge is 0.472 e. The van der Waals surface area contributed by atoms with Gasteiger partial charge in [0.25, 0.3) is 0 Å². The fourth-order valence-electron chi connectivity index (χ4n) is 9.96. The first-order chi connectivity index (χ1) is 50.2. The van der Waals surface area contributed by atoms with Crippen LogP contribution in [0.4, 0.5) is 0 Å². The lowest BCUT2D eigenvalue weighted by Gasteiger charge is -2.21. The number of phosphoric ester groups is 2. The van der Waals surface area contributed by atoms with Gasteiger partial charge in [0.15, 0.2) is 6.10 Å². The molecular formula is C85H140O16P2. The first-order valence-corrected chi connectivity index (χ1v) is 42.4. The van der Waals surface area contributed by atoms with E-state index in [1.807, 2.05) is 0 Å². The molecule has 0 spiro atoms. The Bertz CT molecular complexity index is 2550. The number of ether oxygens (including phenoxy) is 3. The summed E-state index contributed by atoms with van der Waals surface area (Å²) < 4.78 is 61.2. The van der Waals surface area contributed by atoms with E-state index in [0.717, 1.165) is 205 Å². The van der Waals surface area contributed by atoms with Crippen molar-refractivity contribution in [2.24, 2.45) is 0 Å². The van der Waals surface area contributed by atoms with Crippen molar-refractivity contribution in [1.82, 2.24) is 0 Å². The van der Waals surface area contributed by atoms with Gasteiger partial charge in [-0.3, -0.25) is 32.5 Å². The molecule has 18 heteroatoms. The third-order valence-electron chi connectivity index (χ3n) is 15.9. The van der Waals surface area contributed by atoms with Crippen LogP contribution in [0.25, 0.3) is 0 Å². The molecule has 5 atom stereocenters. The Morgan fingerprint density at radius 3 is 0.816 bits per heavy atom. The zero-order valence-corrected chi connectivity index (χ0v) is 65.7. The van der Waals surface area contributed by atoms with Gasteiger partial charge in [0, 0.05) is 19.3 Å². The molecule has 4 N–H and O–H groups in total. The molecule has 0 saturated carbocycles. The van der Waals surface area contributed by atoms with Gasteiger partial charge in [0.05, 0.1) is 26.4 Å². The Labute approximate surface area is 624 Å². The van der Waals surface area contributed by atoms with Crippen molar-refractivity contribution in [1.29, 1.82) is 0 Å². The number of phosphoric acid groups is 2. The van der Waals surface area contributed by atoms with Crippen LogP contribution in [0, 0.1) is 0 Å². The van der Waals surface area contributed by atoms with Crippen molar-refractivity contribution in [2.45, 2.75) is 309 Å². The lowest BCUT2D eigenvalue weighted by molar-refractivity contribution is -0.161. The lowest BCUT2D eigenvalue weighted by atomic mass is 10.1. The van der Waals surface area contributed by atoms with Crippen LogP contribution in [-0.4, -0.2) is 95.9 Å². The van der Waals surface area contributed by atoms with Crippen molar-refractivity contribution in [3.63, 3.8) is 0 Å². The normalized spacial score (nSPS) is 14.9. The maximum Gasteiger partial charge on any atom is 0.472 e. The van der Waals surface area contributed by atoms with Gasteiger partial charge in [-0.15, -0.1) is 0 Å². The number of unbranched alkanes of at least 4 members (excludes halogenated alkanes) is 22. The number of hydrogen-bond donors (Lipinski definition) is 4. The number of rotatable bonds is 73. The standard InChI is InChI=1S/C85H140O16P2/c1-4-7-10-13-16-19-22-25-28-31-34-36-38-39-41-43-45-47-50-53-56-59-62-65-68-71-83(88)95-74-80(86)75-97-102(91,92)98-76-81(87)77-99-103(93,94)100-79-82(101-85(90)73-70-67-64-61-58-55-52-49-44-33-30-27-24-21-18-15-12-9-6-3)78-96-84(89)72-69-66-63-60-57-54-51-48-46-42-40-37-35-32-29-26-23-20-17-14-11-8-5-2/h7,9-10,12,16-21,25-30,34-37,39,41-42,44-47,49,80-82,86-87H,4-6,8,11,13-15,22-24,31-33,38,40,43,48,50-79H2,1-3H3,(H,91,92)(H,93,94)/b10-7-,12-9-,19-16-,20-17-,21-18-,28-25-,29-26-,30-27-,36-34-,37-35-,41-39-,46-42-,47-45-,49-44-. The monoisotopic (exact) mass is 1480 g/mol. The van der Waals surface area contributed by atoms with Crippen LogP contribution in [0.5, 0.6) is 0 Å². The second kappa shape index (κ2) is 76.6. The number of esters is 3. The van der Waals surface area contributed by atoms with Crippen molar-refractivity contribution < 1.29 is 75.8 Å². The summed E-state index contributed by atoms with van der Waals surface area (Å²) in [4.78, 5) is 58.7. The molecule has 0 bridgehead atoms. The van der Waals surface area contributed by atoms with E-state index in [1.165, 1.54) is 25.7 Å². The molecule has 0 aromatic heterocycles. The van der Waals surface area contributed by atoms with E-state index < -0.39 is 91.5 Å². The van der Waals surface area contributed by atoms with Crippen molar-refractivity contribution in [3.05, 3.63) is 170 Å². The van der Waals surface area contributed by atoms with Crippen LogP contribution < -0.4 is 0 Å². The van der Waals surface area contributed by atoms with Crippen molar-refractivity contribution in [2.75, 3.05) is 39.6 Å². The first-order valence-electron chi connectivity index (χ1n) is 39.4. The second-order valence-electron chi connectivity index (χ2n) is 25.7. The van der Waals surface area contributed by atoms with Crippen LogP contribution in [0.1, 0.15) is 290 Å². The lowest BCUT2D eigenvalue weighted by Crippen LogP contribution is -2.30. The van der Waals surface area contributed by atoms with Crippen LogP contribution in [0.15, 0.2) is 170 Å². The maximum absolute atomic E-state index is 13.0. The molecule has 0 fully saturated rings. The van der Waals surface area contributed by atoms with E-state index in [9.17, 15) is 43.5 Å². The molecule has 0 rings (SSSR count). The Morgan fingerprint density at radius 2 is 0.515 bits per heavy atom. The Kier molecular flexibility index (Phi) is 72.8. The molecule has 16 nitrogen and oxygen atoms in total. The van der Waals surface area contributed by atoms with Gasteiger partial charge in [-0.25, -0.2) is 9.13 Å². The van der Waals surface area contributed by atoms with Gasteiger partial charge in [0.2, 0.25) is 0 Å². The molecule has 0 aliphatic rings. The quantitative estimate of drug-likeness (QED) is 0.0146. The highest BCUT2D eigenvalue weighted by Gasteiger charge is 2.29. The average molecular weight is 1480 g/mol. The van der Waals surface area contributed by atoms with Gasteiger partial charge in [-0.05, 0) is 154 Å². The molecule has 0 aromatic rings. The van der Waals surface area contributed by atoms with E-state index in [0.29, 0.717) is 19.3 Å². The Morgan fingerprint density at radius 1 is 0.282 bits per heavy atom. The summed E-state index contributed by atoms with van der Waals surface area (Å²) in [5, 5.41) is 20.6. The summed E-state index contributed by atoms with van der Waals surface area (Å²) >= 11 is 0. The number of carbonyl (C=O) groups is 3. The summed E-state index contributed by atoms with van der Waals surface area (Å²) in [5.74, 6) is -1.62. The molecule has 0 aliphatic heterocycles. The van der Waals surface area contributed by atoms with Gasteiger partial charge in [-0.1, -0.05) is 287 Å². The first kappa shape index (κ1) is 97.9. The van der Waals surface area contributed by atoms with Gasteiger partial charge in [0.1, 0.15) is 25.4 Å². The van der Waals surface area contributed by atoms with Crippen LogP contribution >= 0.6 is 15.6 Å². The number of aliphatic hydroxyl groups is 2. The molecule has 0 aliphatic carbocycles. The highest BCUT2D eigenvalue weighted by Crippen LogP contribution is 2.45. The predicted octanol–water partition coefficient (Wildman–Crippen LogP) is 23.2. The maximum atomic E-state index is 13.0. The van der Waals surface area contributed by atoms with Gasteiger partial charge in [-0.2, -0.15) is 0 Å². The minimum Gasteiger partial charge on any atom is -0.463 e. The number of allylic oxidation sites excluding steroid dienone is 28. The second-order valence-corrected chi connectivity index (χ2v) is 28.7. The van der Waals surface area contributed by atoms with E-state index >= 15 is 0 Å². The highest BCUT2D eigenvalue weighted by molar-refractivity contribution is 7.47. The number of carbonyl (C=O) groups excluding carboxylic acids is 3. The Hall–Kier alpha value is -5.09. The third kappa shape index (κ3) is 77.8. The third-order valence-corrected chi connectivity index (χ3v) is 17.8. The summed E-state index contributed by atoms with van der Waals surface area (Å²) in [6.45, 7) is 2.37. The minimum absolute atomic E-state index is 0.0794. The molecule has 5 unspecified atom stereocenters. The zero-order chi connectivity index (χ0) is 75.2. The zero-order valence-electron chi connectivity index (χ0n) is 63.9. The van der Waals surface area contributed by atoms with Crippen LogP contribution in [0.2, 0.25) is 0 Å².